The number of anilines is 1. The summed E-state index contributed by atoms with van der Waals surface area (Å²) < 4.78 is 6.51. The normalized spacial score (nSPS) is 10.8. The number of rotatable bonds is 9. The predicted molar refractivity (Wildman–Crippen MR) is 124 cm³/mol. The van der Waals surface area contributed by atoms with Gasteiger partial charge in [0.1, 0.15) is 11.3 Å². The number of nitrogens with one attached hydrogen (secondary N) is 1. The number of hydrogen-bond donors (Lipinski definition) is 2. The van der Waals surface area contributed by atoms with Crippen molar-refractivity contribution < 1.29 is 19.4 Å². The third kappa shape index (κ3) is 4.99. The number of nitrogens with zero attached hydrogens (tertiary/aromatic N) is 1. The maximum Gasteiger partial charge on any atom is 0.338 e. The first kappa shape index (κ1) is 23.1. The van der Waals surface area contributed by atoms with Gasteiger partial charge in [-0.25, -0.2) is 4.79 Å². The van der Waals surface area contributed by atoms with Crippen LogP contribution in [-0.4, -0.2) is 28.2 Å². The number of pyridine rings is 1. The lowest BCUT2D eigenvalue weighted by Crippen LogP contribution is -2.30. The number of ether oxygens (including phenoxy) is 1. The average Bonchev–Trinajstić information content (AvgIpc) is 2.79. The minimum Gasteiger partial charge on any atom is -0.506 e. The Bertz CT molecular complexity index is 1170. The van der Waals surface area contributed by atoms with E-state index in [1.165, 1.54) is 12.1 Å². The van der Waals surface area contributed by atoms with Gasteiger partial charge in [-0.05, 0) is 49.7 Å². The molecule has 7 nitrogen and oxygen atoms in total. The molecule has 2 N–H and O–H groups in total. The molecule has 1 aromatic heterocycles. The maximum absolute atomic E-state index is 13.2. The van der Waals surface area contributed by atoms with Gasteiger partial charge in [0.15, 0.2) is 0 Å². The molecule has 2 aromatic carbocycles. The van der Waals surface area contributed by atoms with Crippen molar-refractivity contribution in [2.24, 2.45) is 0 Å². The first-order valence-electron chi connectivity index (χ1n) is 10.9. The van der Waals surface area contributed by atoms with Crippen molar-refractivity contribution in [1.29, 1.82) is 0 Å². The number of aromatic nitrogens is 1. The second kappa shape index (κ2) is 10.6. The monoisotopic (exact) mass is 436 g/mol. The average molecular weight is 437 g/mol. The minimum atomic E-state index is -0.704. The second-order valence-corrected chi connectivity index (χ2v) is 7.51. The zero-order chi connectivity index (χ0) is 23.1. The zero-order valence-electron chi connectivity index (χ0n) is 18.4. The van der Waals surface area contributed by atoms with Crippen molar-refractivity contribution in [2.75, 3.05) is 11.9 Å². The molecule has 0 fully saturated rings. The van der Waals surface area contributed by atoms with Crippen LogP contribution in [0.25, 0.3) is 10.9 Å². The van der Waals surface area contributed by atoms with E-state index in [4.69, 9.17) is 4.74 Å². The molecule has 32 heavy (non-hydrogen) atoms. The topological polar surface area (TPSA) is 97.6 Å². The number of unbranched alkanes of at least 4 members (excludes halogenated alkanes) is 3. The number of hydrogen-bond acceptors (Lipinski definition) is 5. The zero-order valence-corrected chi connectivity index (χ0v) is 18.4. The molecule has 7 heteroatoms. The molecule has 0 spiro atoms. The highest BCUT2D eigenvalue weighted by molar-refractivity contribution is 6.09. The first-order chi connectivity index (χ1) is 15.5. The summed E-state index contributed by atoms with van der Waals surface area (Å²) >= 11 is 0. The van der Waals surface area contributed by atoms with E-state index < -0.39 is 17.4 Å². The molecule has 0 bridgehead atoms. The van der Waals surface area contributed by atoms with Crippen LogP contribution in [0.15, 0.2) is 53.3 Å². The van der Waals surface area contributed by atoms with E-state index in [1.807, 2.05) is 0 Å². The summed E-state index contributed by atoms with van der Waals surface area (Å²) in [6.45, 7) is 4.57. The van der Waals surface area contributed by atoms with Crippen LogP contribution in [0.3, 0.4) is 0 Å². The fourth-order valence-electron chi connectivity index (χ4n) is 3.61. The minimum absolute atomic E-state index is 0.267. The van der Waals surface area contributed by atoms with Crippen LogP contribution in [0.5, 0.6) is 5.75 Å². The van der Waals surface area contributed by atoms with E-state index >= 15 is 0 Å². The SMILES string of the molecule is CCCCCCn1c(=O)c(C(=O)Nc2ccc(C(=O)OCC)cc2)c(O)c2ccccc21. The lowest BCUT2D eigenvalue weighted by Gasteiger charge is -2.15. The van der Waals surface area contributed by atoms with Crippen LogP contribution in [0.2, 0.25) is 0 Å². The highest BCUT2D eigenvalue weighted by atomic mass is 16.5. The van der Waals surface area contributed by atoms with Gasteiger partial charge in [0.25, 0.3) is 11.5 Å². The Morgan fingerprint density at radius 3 is 2.41 bits per heavy atom. The van der Waals surface area contributed by atoms with Crippen LogP contribution in [0, 0.1) is 0 Å². The molecule has 1 amide bonds. The van der Waals surface area contributed by atoms with Crippen LogP contribution >= 0.6 is 0 Å². The molecular formula is C25H28N2O5. The Kier molecular flexibility index (Phi) is 7.65. The largest absolute Gasteiger partial charge is 0.506 e. The molecule has 0 atom stereocenters. The van der Waals surface area contributed by atoms with Crippen molar-refractivity contribution in [3.63, 3.8) is 0 Å². The van der Waals surface area contributed by atoms with E-state index in [9.17, 15) is 19.5 Å². The lowest BCUT2D eigenvalue weighted by molar-refractivity contribution is 0.0526. The number of benzene rings is 2. The molecule has 0 aliphatic rings. The van der Waals surface area contributed by atoms with Gasteiger partial charge >= 0.3 is 5.97 Å². The van der Waals surface area contributed by atoms with Crippen molar-refractivity contribution in [1.82, 2.24) is 4.57 Å². The van der Waals surface area contributed by atoms with Crippen LogP contribution in [0.4, 0.5) is 5.69 Å². The molecule has 0 saturated heterocycles. The summed E-state index contributed by atoms with van der Waals surface area (Å²) in [6, 6.07) is 13.2. The number of carbonyl (C=O) groups excluding carboxylic acids is 2. The molecule has 0 unspecified atom stereocenters. The highest BCUT2D eigenvalue weighted by Crippen LogP contribution is 2.27. The Hall–Kier alpha value is -3.61. The third-order valence-electron chi connectivity index (χ3n) is 5.26. The van der Waals surface area contributed by atoms with E-state index in [2.05, 4.69) is 12.2 Å². The number of esters is 1. The van der Waals surface area contributed by atoms with E-state index in [0.717, 1.165) is 25.7 Å². The molecule has 0 radical (unpaired) electrons. The van der Waals surface area contributed by atoms with Crippen molar-refractivity contribution >= 4 is 28.5 Å². The Labute approximate surface area is 186 Å². The summed E-state index contributed by atoms with van der Waals surface area (Å²) in [6.07, 6.45) is 3.93. The van der Waals surface area contributed by atoms with Gasteiger partial charge in [0.2, 0.25) is 0 Å². The van der Waals surface area contributed by atoms with E-state index in [-0.39, 0.29) is 17.9 Å². The van der Waals surface area contributed by atoms with Gasteiger partial charge in [-0.2, -0.15) is 0 Å². The number of carbonyl (C=O) groups is 2. The summed E-state index contributed by atoms with van der Waals surface area (Å²) in [5, 5.41) is 13.8. The van der Waals surface area contributed by atoms with Gasteiger partial charge in [0.05, 0.1) is 17.7 Å². The van der Waals surface area contributed by atoms with Gasteiger partial charge in [-0.3, -0.25) is 9.59 Å². The number of amides is 1. The standard InChI is InChI=1S/C25H28N2O5/c1-3-5-6-9-16-27-20-11-8-7-10-19(20)22(28)21(24(27)30)23(29)26-18-14-12-17(13-15-18)25(31)32-4-2/h7-8,10-15,28H,3-6,9,16H2,1-2H3,(H,26,29). The lowest BCUT2D eigenvalue weighted by atomic mass is 10.1. The van der Waals surface area contributed by atoms with Crippen molar-refractivity contribution in [2.45, 2.75) is 46.1 Å². The van der Waals surface area contributed by atoms with Crippen molar-refractivity contribution in [3.8, 4) is 5.75 Å². The second-order valence-electron chi connectivity index (χ2n) is 7.51. The van der Waals surface area contributed by atoms with E-state index in [1.54, 1.807) is 47.9 Å². The number of para-hydroxylation sites is 1. The molecule has 1 heterocycles. The first-order valence-corrected chi connectivity index (χ1v) is 10.9. The quantitative estimate of drug-likeness (QED) is 0.374. The number of aromatic hydroxyl groups is 1. The molecule has 168 valence electrons. The van der Waals surface area contributed by atoms with Gasteiger partial charge < -0.3 is 19.7 Å². The number of fused-ring (bicyclic) bond motifs is 1. The fraction of sp³-hybridized carbons (Fsp3) is 0.320. The predicted octanol–water partition coefficient (Wildman–Crippen LogP) is 4.72. The van der Waals surface area contributed by atoms with Gasteiger partial charge in [-0.1, -0.05) is 38.3 Å². The van der Waals surface area contributed by atoms with Crippen molar-refractivity contribution in [3.05, 3.63) is 70.0 Å². The summed E-state index contributed by atoms with van der Waals surface area (Å²) in [7, 11) is 0. The van der Waals surface area contributed by atoms with Crippen LogP contribution < -0.4 is 10.9 Å². The van der Waals surface area contributed by atoms with E-state index in [0.29, 0.717) is 28.7 Å². The molecule has 3 rings (SSSR count). The molecule has 0 aliphatic carbocycles. The summed E-state index contributed by atoms with van der Waals surface area (Å²) in [5.41, 5.74) is 0.520. The Balaban J connectivity index is 1.92. The molecule has 0 aliphatic heterocycles. The molecular weight excluding hydrogens is 408 g/mol. The summed E-state index contributed by atoms with van der Waals surface area (Å²) in [4.78, 5) is 38.0. The van der Waals surface area contributed by atoms with Gasteiger partial charge in [0, 0.05) is 17.6 Å². The Morgan fingerprint density at radius 1 is 1.00 bits per heavy atom. The maximum atomic E-state index is 13.2. The summed E-state index contributed by atoms with van der Waals surface area (Å²) in [5.74, 6) is -1.50. The van der Waals surface area contributed by atoms with Crippen LogP contribution in [0.1, 0.15) is 60.2 Å². The third-order valence-corrected chi connectivity index (χ3v) is 5.26. The fourth-order valence-corrected chi connectivity index (χ4v) is 3.61. The van der Waals surface area contributed by atoms with Gasteiger partial charge in [-0.15, -0.1) is 0 Å². The smallest absolute Gasteiger partial charge is 0.338 e. The van der Waals surface area contributed by atoms with Crippen LogP contribution in [-0.2, 0) is 11.3 Å². The number of aryl methyl sites for hydroxylation is 1. The molecule has 3 aromatic rings. The molecule has 0 saturated carbocycles. The highest BCUT2D eigenvalue weighted by Gasteiger charge is 2.22. The Morgan fingerprint density at radius 2 is 1.72 bits per heavy atom.